The molecule has 130 valence electrons. The number of aryl methyl sites for hydroxylation is 1. The maximum atomic E-state index is 5.59. The van der Waals surface area contributed by atoms with E-state index in [0.717, 1.165) is 43.7 Å². The highest BCUT2D eigenvalue weighted by atomic mass is 79.9. The second kappa shape index (κ2) is 6.88. The molecule has 26 heavy (non-hydrogen) atoms. The van der Waals surface area contributed by atoms with Crippen LogP contribution in [0.2, 0.25) is 0 Å². The van der Waals surface area contributed by atoms with Crippen molar-refractivity contribution >= 4 is 26.8 Å². The zero-order valence-electron chi connectivity index (χ0n) is 14.5. The molecule has 0 aliphatic rings. The summed E-state index contributed by atoms with van der Waals surface area (Å²) >= 11 is 3.48. The van der Waals surface area contributed by atoms with Crippen LogP contribution in [0, 0.1) is 6.92 Å². The standard InChI is InChI=1S/C20H17BrN4O/c1-3-26-20-24-18(19(25-20)17-6-4-5-12(2)23-17)13-7-8-16-14(9-13)10-15(21)11-22-16/h4-11H,3H2,1-2H3,(H,24,25). The first kappa shape index (κ1) is 16.7. The maximum Gasteiger partial charge on any atom is 0.294 e. The number of nitrogens with zero attached hydrogens (tertiary/aromatic N) is 3. The van der Waals surface area contributed by atoms with Gasteiger partial charge in [-0.25, -0.2) is 0 Å². The molecule has 1 aromatic carbocycles. The lowest BCUT2D eigenvalue weighted by atomic mass is 10.1. The van der Waals surface area contributed by atoms with Gasteiger partial charge in [0.1, 0.15) is 5.69 Å². The number of aromatic nitrogens is 4. The molecule has 0 bridgehead atoms. The van der Waals surface area contributed by atoms with Crippen molar-refractivity contribution in [2.75, 3.05) is 6.61 Å². The Morgan fingerprint density at radius 1 is 1.12 bits per heavy atom. The SMILES string of the molecule is CCOc1nc(-c2ccc3ncc(Br)cc3c2)c(-c2cccc(C)n2)[nH]1. The van der Waals surface area contributed by atoms with E-state index in [0.29, 0.717) is 12.6 Å². The molecule has 0 spiro atoms. The van der Waals surface area contributed by atoms with Gasteiger partial charge in [-0.15, -0.1) is 0 Å². The third-order valence-electron chi connectivity index (χ3n) is 4.03. The predicted molar refractivity (Wildman–Crippen MR) is 106 cm³/mol. The molecular weight excluding hydrogens is 392 g/mol. The van der Waals surface area contributed by atoms with Crippen LogP contribution in [0.15, 0.2) is 53.1 Å². The van der Waals surface area contributed by atoms with Gasteiger partial charge >= 0.3 is 0 Å². The van der Waals surface area contributed by atoms with E-state index >= 15 is 0 Å². The predicted octanol–water partition coefficient (Wildman–Crippen LogP) is 5.16. The van der Waals surface area contributed by atoms with Gasteiger partial charge in [-0.1, -0.05) is 12.1 Å². The lowest BCUT2D eigenvalue weighted by Gasteiger charge is -2.05. The quantitative estimate of drug-likeness (QED) is 0.506. The topological polar surface area (TPSA) is 63.7 Å². The van der Waals surface area contributed by atoms with Gasteiger partial charge in [-0.05, 0) is 60.1 Å². The van der Waals surface area contributed by atoms with E-state index in [1.165, 1.54) is 0 Å². The Hall–Kier alpha value is -2.73. The van der Waals surface area contributed by atoms with Gasteiger partial charge in [0.2, 0.25) is 0 Å². The number of ether oxygens (including phenoxy) is 1. The summed E-state index contributed by atoms with van der Waals surface area (Å²) < 4.78 is 6.54. The van der Waals surface area contributed by atoms with Crippen LogP contribution in [0.4, 0.5) is 0 Å². The molecule has 4 rings (SSSR count). The van der Waals surface area contributed by atoms with Gasteiger partial charge in [0.25, 0.3) is 6.01 Å². The maximum absolute atomic E-state index is 5.59. The molecule has 6 heteroatoms. The fourth-order valence-corrected chi connectivity index (χ4v) is 3.23. The first-order chi connectivity index (χ1) is 12.6. The van der Waals surface area contributed by atoms with Crippen LogP contribution in [-0.2, 0) is 0 Å². The zero-order valence-corrected chi connectivity index (χ0v) is 16.0. The average molecular weight is 409 g/mol. The van der Waals surface area contributed by atoms with E-state index in [1.807, 2.05) is 50.2 Å². The highest BCUT2D eigenvalue weighted by molar-refractivity contribution is 9.10. The summed E-state index contributed by atoms with van der Waals surface area (Å²) in [6.45, 7) is 4.45. The lowest BCUT2D eigenvalue weighted by molar-refractivity contribution is 0.316. The monoisotopic (exact) mass is 408 g/mol. The highest BCUT2D eigenvalue weighted by Crippen LogP contribution is 2.33. The second-order valence-electron chi connectivity index (χ2n) is 5.92. The van der Waals surface area contributed by atoms with Crippen molar-refractivity contribution in [3.05, 3.63) is 58.8 Å². The number of imidazole rings is 1. The Bertz CT molecular complexity index is 1090. The minimum Gasteiger partial charge on any atom is -0.465 e. The molecule has 3 heterocycles. The second-order valence-corrected chi connectivity index (χ2v) is 6.84. The lowest BCUT2D eigenvalue weighted by Crippen LogP contribution is -1.92. The Morgan fingerprint density at radius 2 is 2.00 bits per heavy atom. The van der Waals surface area contributed by atoms with Crippen LogP contribution in [0.3, 0.4) is 0 Å². The van der Waals surface area contributed by atoms with Gasteiger partial charge in [0, 0.05) is 27.3 Å². The number of pyridine rings is 2. The van der Waals surface area contributed by atoms with Crippen LogP contribution in [0.1, 0.15) is 12.6 Å². The smallest absolute Gasteiger partial charge is 0.294 e. The Kier molecular flexibility index (Phi) is 4.42. The van der Waals surface area contributed by atoms with E-state index in [2.05, 4.69) is 41.9 Å². The molecule has 5 nitrogen and oxygen atoms in total. The van der Waals surface area contributed by atoms with Crippen molar-refractivity contribution in [1.82, 2.24) is 19.9 Å². The van der Waals surface area contributed by atoms with Crippen LogP contribution < -0.4 is 4.74 Å². The van der Waals surface area contributed by atoms with Crippen molar-refractivity contribution in [2.45, 2.75) is 13.8 Å². The molecule has 0 unspecified atom stereocenters. The molecule has 0 atom stereocenters. The molecule has 0 saturated heterocycles. The molecule has 3 aromatic heterocycles. The van der Waals surface area contributed by atoms with Crippen molar-refractivity contribution in [3.8, 4) is 28.7 Å². The number of halogens is 1. The third kappa shape index (κ3) is 3.20. The largest absolute Gasteiger partial charge is 0.465 e. The normalized spacial score (nSPS) is 11.0. The van der Waals surface area contributed by atoms with Crippen LogP contribution in [-0.4, -0.2) is 26.5 Å². The number of aromatic amines is 1. The fraction of sp³-hybridized carbons (Fsp3) is 0.150. The van der Waals surface area contributed by atoms with Gasteiger partial charge < -0.3 is 9.72 Å². The molecular formula is C20H17BrN4O. The minimum absolute atomic E-state index is 0.494. The number of benzene rings is 1. The third-order valence-corrected chi connectivity index (χ3v) is 4.46. The van der Waals surface area contributed by atoms with Crippen molar-refractivity contribution < 1.29 is 4.74 Å². The molecule has 0 amide bonds. The van der Waals surface area contributed by atoms with Crippen LogP contribution >= 0.6 is 15.9 Å². The van der Waals surface area contributed by atoms with Crippen molar-refractivity contribution in [2.24, 2.45) is 0 Å². The van der Waals surface area contributed by atoms with Gasteiger partial charge in [0.15, 0.2) is 0 Å². The number of H-pyrrole nitrogens is 1. The zero-order chi connectivity index (χ0) is 18.1. The average Bonchev–Trinajstić information content (AvgIpc) is 3.05. The van der Waals surface area contributed by atoms with E-state index in [4.69, 9.17) is 4.74 Å². The molecule has 4 aromatic rings. The number of rotatable bonds is 4. The summed E-state index contributed by atoms with van der Waals surface area (Å²) in [5.41, 5.74) is 5.37. The van der Waals surface area contributed by atoms with Crippen molar-refractivity contribution in [1.29, 1.82) is 0 Å². The Balaban J connectivity index is 1.89. The number of nitrogens with one attached hydrogen (secondary N) is 1. The van der Waals surface area contributed by atoms with Gasteiger partial charge in [-0.3, -0.25) is 9.97 Å². The summed E-state index contributed by atoms with van der Waals surface area (Å²) in [6, 6.07) is 14.6. The molecule has 0 saturated carbocycles. The Morgan fingerprint density at radius 3 is 2.81 bits per heavy atom. The molecule has 0 fully saturated rings. The Labute approximate surface area is 159 Å². The fourth-order valence-electron chi connectivity index (χ4n) is 2.89. The van der Waals surface area contributed by atoms with Crippen molar-refractivity contribution in [3.63, 3.8) is 0 Å². The van der Waals surface area contributed by atoms with Crippen LogP contribution in [0.25, 0.3) is 33.5 Å². The summed E-state index contributed by atoms with van der Waals surface area (Å²) in [6.07, 6.45) is 1.80. The van der Waals surface area contributed by atoms with Gasteiger partial charge in [0.05, 0.1) is 23.5 Å². The van der Waals surface area contributed by atoms with E-state index in [-0.39, 0.29) is 0 Å². The van der Waals surface area contributed by atoms with E-state index in [1.54, 1.807) is 6.20 Å². The minimum atomic E-state index is 0.494. The summed E-state index contributed by atoms with van der Waals surface area (Å²) in [5.74, 6) is 0. The van der Waals surface area contributed by atoms with Crippen LogP contribution in [0.5, 0.6) is 6.01 Å². The number of hydrogen-bond acceptors (Lipinski definition) is 4. The molecule has 0 aliphatic carbocycles. The van der Waals surface area contributed by atoms with E-state index in [9.17, 15) is 0 Å². The van der Waals surface area contributed by atoms with Gasteiger partial charge in [-0.2, -0.15) is 4.98 Å². The molecule has 0 radical (unpaired) electrons. The van der Waals surface area contributed by atoms with E-state index < -0.39 is 0 Å². The number of hydrogen-bond donors (Lipinski definition) is 1. The first-order valence-corrected chi connectivity index (χ1v) is 9.16. The summed E-state index contributed by atoms with van der Waals surface area (Å²) in [5, 5.41) is 1.04. The molecule has 1 N–H and O–H groups in total. The number of fused-ring (bicyclic) bond motifs is 1. The molecule has 0 aliphatic heterocycles. The first-order valence-electron chi connectivity index (χ1n) is 8.36. The summed E-state index contributed by atoms with van der Waals surface area (Å²) in [7, 11) is 0. The summed E-state index contributed by atoms with van der Waals surface area (Å²) in [4.78, 5) is 17.0. The highest BCUT2D eigenvalue weighted by Gasteiger charge is 2.16.